The van der Waals surface area contributed by atoms with Gasteiger partial charge in [-0.05, 0) is 26.0 Å². The SMILES string of the molecule is Cc1nn(CC(=O)Nc2ccc(N3CCOCC3)nc2)c(C)c1[N+](=O)[O-]. The highest BCUT2D eigenvalue weighted by Crippen LogP contribution is 2.22. The number of rotatable bonds is 5. The van der Waals surface area contributed by atoms with Gasteiger partial charge >= 0.3 is 5.69 Å². The summed E-state index contributed by atoms with van der Waals surface area (Å²) in [6, 6.07) is 3.62. The molecule has 1 saturated heterocycles. The maximum Gasteiger partial charge on any atom is 0.312 e. The normalized spacial score (nSPS) is 14.3. The van der Waals surface area contributed by atoms with Crippen LogP contribution in [0.4, 0.5) is 17.2 Å². The van der Waals surface area contributed by atoms with Crippen molar-refractivity contribution in [1.82, 2.24) is 14.8 Å². The molecule has 2 aromatic rings. The molecule has 3 rings (SSSR count). The van der Waals surface area contributed by atoms with Crippen LogP contribution in [0.3, 0.4) is 0 Å². The molecule has 138 valence electrons. The summed E-state index contributed by atoms with van der Waals surface area (Å²) in [4.78, 5) is 29.2. The van der Waals surface area contributed by atoms with E-state index in [0.29, 0.717) is 24.6 Å². The van der Waals surface area contributed by atoms with E-state index in [1.54, 1.807) is 26.1 Å². The molecule has 3 heterocycles. The number of morpholine rings is 1. The largest absolute Gasteiger partial charge is 0.378 e. The minimum Gasteiger partial charge on any atom is -0.378 e. The van der Waals surface area contributed by atoms with Gasteiger partial charge in [-0.15, -0.1) is 0 Å². The summed E-state index contributed by atoms with van der Waals surface area (Å²) in [6.45, 7) is 5.94. The van der Waals surface area contributed by atoms with Gasteiger partial charge in [-0.25, -0.2) is 4.98 Å². The van der Waals surface area contributed by atoms with Crippen LogP contribution in [0.5, 0.6) is 0 Å². The number of nitrogens with zero attached hydrogens (tertiary/aromatic N) is 5. The first-order chi connectivity index (χ1) is 12.5. The van der Waals surface area contributed by atoms with Crippen molar-refractivity contribution < 1.29 is 14.5 Å². The molecule has 0 radical (unpaired) electrons. The Balaban J connectivity index is 1.63. The lowest BCUT2D eigenvalue weighted by molar-refractivity contribution is -0.386. The van der Waals surface area contributed by atoms with E-state index in [1.807, 2.05) is 6.07 Å². The van der Waals surface area contributed by atoms with Gasteiger partial charge in [0.05, 0.1) is 30.0 Å². The second kappa shape index (κ2) is 7.48. The molecule has 0 aromatic carbocycles. The van der Waals surface area contributed by atoms with Crippen LogP contribution in [0.2, 0.25) is 0 Å². The van der Waals surface area contributed by atoms with Crippen molar-refractivity contribution in [2.24, 2.45) is 0 Å². The Bertz CT molecular complexity index is 811. The van der Waals surface area contributed by atoms with Crippen LogP contribution in [-0.2, 0) is 16.1 Å². The molecule has 1 aliphatic rings. The van der Waals surface area contributed by atoms with E-state index >= 15 is 0 Å². The Kier molecular flexibility index (Phi) is 5.12. The first-order valence-electron chi connectivity index (χ1n) is 8.22. The van der Waals surface area contributed by atoms with Crippen molar-refractivity contribution in [2.45, 2.75) is 20.4 Å². The topological polar surface area (TPSA) is 115 Å². The molecule has 0 saturated carbocycles. The van der Waals surface area contributed by atoms with Gasteiger partial charge in [0.15, 0.2) is 0 Å². The van der Waals surface area contributed by atoms with Crippen molar-refractivity contribution >= 4 is 23.1 Å². The van der Waals surface area contributed by atoms with E-state index in [4.69, 9.17) is 4.74 Å². The van der Waals surface area contributed by atoms with Crippen molar-refractivity contribution in [3.8, 4) is 0 Å². The predicted octanol–water partition coefficient (Wildman–Crippen LogP) is 1.28. The number of hydrogen-bond acceptors (Lipinski definition) is 7. The zero-order valence-electron chi connectivity index (χ0n) is 14.6. The third kappa shape index (κ3) is 3.80. The average molecular weight is 360 g/mol. The van der Waals surface area contributed by atoms with Crippen LogP contribution in [0.15, 0.2) is 18.3 Å². The molecule has 0 atom stereocenters. The van der Waals surface area contributed by atoms with Gasteiger partial charge in [-0.1, -0.05) is 0 Å². The molecule has 0 aliphatic carbocycles. The monoisotopic (exact) mass is 360 g/mol. The van der Waals surface area contributed by atoms with Gasteiger partial charge in [0.1, 0.15) is 23.8 Å². The number of hydrogen-bond donors (Lipinski definition) is 1. The van der Waals surface area contributed by atoms with Gasteiger partial charge in [0, 0.05) is 13.1 Å². The first kappa shape index (κ1) is 17.8. The van der Waals surface area contributed by atoms with E-state index < -0.39 is 4.92 Å². The van der Waals surface area contributed by atoms with Gasteiger partial charge in [-0.3, -0.25) is 19.6 Å². The number of carbonyl (C=O) groups is 1. The molecular weight excluding hydrogens is 340 g/mol. The molecule has 0 unspecified atom stereocenters. The Hall–Kier alpha value is -3.01. The number of ether oxygens (including phenoxy) is 1. The molecule has 1 fully saturated rings. The highest BCUT2D eigenvalue weighted by Gasteiger charge is 2.22. The molecule has 1 amide bonds. The molecular formula is C16H20N6O4. The zero-order chi connectivity index (χ0) is 18.7. The standard InChI is InChI=1S/C16H20N6O4/c1-11-16(22(24)25)12(2)21(19-11)10-15(23)18-13-3-4-14(17-9-13)20-5-7-26-8-6-20/h3-4,9H,5-8,10H2,1-2H3,(H,18,23). The van der Waals surface area contributed by atoms with E-state index in [2.05, 4.69) is 20.3 Å². The van der Waals surface area contributed by atoms with Crippen LogP contribution in [0.1, 0.15) is 11.4 Å². The van der Waals surface area contributed by atoms with Gasteiger partial charge in [0.25, 0.3) is 0 Å². The number of amides is 1. The van der Waals surface area contributed by atoms with E-state index in [-0.39, 0.29) is 23.8 Å². The third-order valence-corrected chi connectivity index (χ3v) is 4.19. The maximum atomic E-state index is 12.2. The lowest BCUT2D eigenvalue weighted by Crippen LogP contribution is -2.36. The fourth-order valence-electron chi connectivity index (χ4n) is 2.88. The average Bonchev–Trinajstić information content (AvgIpc) is 2.89. The highest BCUT2D eigenvalue weighted by molar-refractivity contribution is 5.90. The third-order valence-electron chi connectivity index (χ3n) is 4.19. The Morgan fingerprint density at radius 1 is 1.35 bits per heavy atom. The summed E-state index contributed by atoms with van der Waals surface area (Å²) in [5.41, 5.74) is 1.14. The van der Waals surface area contributed by atoms with Crippen LogP contribution < -0.4 is 10.2 Å². The summed E-state index contributed by atoms with van der Waals surface area (Å²) in [6.07, 6.45) is 1.59. The number of pyridine rings is 1. The number of nitro groups is 1. The Labute approximate surface area is 149 Å². The van der Waals surface area contributed by atoms with Gasteiger partial charge < -0.3 is 15.0 Å². The molecule has 10 nitrogen and oxygen atoms in total. The number of carbonyl (C=O) groups excluding carboxylic acids is 1. The van der Waals surface area contributed by atoms with Gasteiger partial charge in [0.2, 0.25) is 5.91 Å². The second-order valence-corrected chi connectivity index (χ2v) is 5.99. The van der Waals surface area contributed by atoms with Crippen LogP contribution in [-0.4, -0.2) is 51.9 Å². The quantitative estimate of drug-likeness (QED) is 0.631. The van der Waals surface area contributed by atoms with Crippen molar-refractivity contribution in [3.63, 3.8) is 0 Å². The van der Waals surface area contributed by atoms with E-state index in [0.717, 1.165) is 18.9 Å². The fourth-order valence-corrected chi connectivity index (χ4v) is 2.88. The predicted molar refractivity (Wildman–Crippen MR) is 94.3 cm³/mol. The Morgan fingerprint density at radius 3 is 2.65 bits per heavy atom. The van der Waals surface area contributed by atoms with Crippen LogP contribution in [0, 0.1) is 24.0 Å². The molecule has 2 aromatic heterocycles. The molecule has 0 spiro atoms. The minimum absolute atomic E-state index is 0.0608. The van der Waals surface area contributed by atoms with Gasteiger partial charge in [-0.2, -0.15) is 5.10 Å². The summed E-state index contributed by atoms with van der Waals surface area (Å²) in [5, 5.41) is 17.8. The zero-order valence-corrected chi connectivity index (χ0v) is 14.6. The minimum atomic E-state index is -0.486. The number of anilines is 2. The molecule has 1 N–H and O–H groups in total. The number of nitrogens with one attached hydrogen (secondary N) is 1. The number of aryl methyl sites for hydroxylation is 1. The van der Waals surface area contributed by atoms with Crippen molar-refractivity contribution in [2.75, 3.05) is 36.5 Å². The van der Waals surface area contributed by atoms with Crippen LogP contribution in [0.25, 0.3) is 0 Å². The second-order valence-electron chi connectivity index (χ2n) is 5.99. The lowest BCUT2D eigenvalue weighted by Gasteiger charge is -2.27. The summed E-state index contributed by atoms with van der Waals surface area (Å²) < 4.78 is 6.64. The summed E-state index contributed by atoms with van der Waals surface area (Å²) in [5.74, 6) is 0.506. The molecule has 10 heteroatoms. The smallest absolute Gasteiger partial charge is 0.312 e. The van der Waals surface area contributed by atoms with E-state index in [9.17, 15) is 14.9 Å². The summed E-state index contributed by atoms with van der Waals surface area (Å²) in [7, 11) is 0. The highest BCUT2D eigenvalue weighted by atomic mass is 16.6. The molecule has 1 aliphatic heterocycles. The lowest BCUT2D eigenvalue weighted by atomic mass is 10.3. The van der Waals surface area contributed by atoms with E-state index in [1.165, 1.54) is 4.68 Å². The molecule has 26 heavy (non-hydrogen) atoms. The van der Waals surface area contributed by atoms with Crippen LogP contribution >= 0.6 is 0 Å². The van der Waals surface area contributed by atoms with Crippen molar-refractivity contribution in [3.05, 3.63) is 39.8 Å². The fraction of sp³-hybridized carbons (Fsp3) is 0.438. The summed E-state index contributed by atoms with van der Waals surface area (Å²) >= 11 is 0. The number of aromatic nitrogens is 3. The maximum absolute atomic E-state index is 12.2. The first-order valence-corrected chi connectivity index (χ1v) is 8.22. The molecule has 0 bridgehead atoms. The van der Waals surface area contributed by atoms with Crippen molar-refractivity contribution in [1.29, 1.82) is 0 Å². The Morgan fingerprint density at radius 2 is 2.08 bits per heavy atom.